The van der Waals surface area contributed by atoms with Gasteiger partial charge in [-0.2, -0.15) is 0 Å². The lowest BCUT2D eigenvalue weighted by atomic mass is 10.1. The molecule has 0 heterocycles. The molecule has 0 aliphatic heterocycles. The number of esters is 1. The number of phenolic OH excluding ortho intramolecular Hbond substituents is 1. The molecule has 4 heteroatoms. The fraction of sp³-hybridized carbons (Fsp3) is 0.214. The number of anilines is 1. The van der Waals surface area contributed by atoms with Crippen molar-refractivity contribution >= 4 is 22.4 Å². The number of hydrogen-bond donors (Lipinski definition) is 2. The van der Waals surface area contributed by atoms with Crippen molar-refractivity contribution in [2.45, 2.75) is 13.0 Å². The van der Waals surface area contributed by atoms with Gasteiger partial charge >= 0.3 is 5.97 Å². The van der Waals surface area contributed by atoms with Crippen LogP contribution in [0.25, 0.3) is 10.8 Å². The molecule has 0 aliphatic carbocycles. The topological polar surface area (TPSA) is 58.6 Å². The van der Waals surface area contributed by atoms with Crippen LogP contribution in [0.5, 0.6) is 5.75 Å². The van der Waals surface area contributed by atoms with Crippen molar-refractivity contribution in [3.8, 4) is 5.75 Å². The molecule has 0 radical (unpaired) electrons. The molecule has 2 N–H and O–H groups in total. The standard InChI is InChI=1S/C14H15NO3/c1-9(14(17)18-2)15-12-7-3-6-11-10(12)5-4-8-13(11)16/h3-9,15-16H,1-2H3. The summed E-state index contributed by atoms with van der Waals surface area (Å²) in [4.78, 5) is 11.4. The fourth-order valence-corrected chi connectivity index (χ4v) is 1.89. The van der Waals surface area contributed by atoms with Gasteiger partial charge in [0.05, 0.1) is 7.11 Å². The maximum Gasteiger partial charge on any atom is 0.327 e. The van der Waals surface area contributed by atoms with Crippen molar-refractivity contribution in [3.63, 3.8) is 0 Å². The molecular weight excluding hydrogens is 230 g/mol. The summed E-state index contributed by atoms with van der Waals surface area (Å²) in [7, 11) is 1.36. The quantitative estimate of drug-likeness (QED) is 0.816. The molecule has 1 atom stereocenters. The van der Waals surface area contributed by atoms with Gasteiger partial charge in [0, 0.05) is 16.5 Å². The molecule has 0 fully saturated rings. The molecule has 2 aromatic carbocycles. The minimum Gasteiger partial charge on any atom is -0.507 e. The lowest BCUT2D eigenvalue weighted by Crippen LogP contribution is -2.27. The van der Waals surface area contributed by atoms with E-state index in [0.29, 0.717) is 0 Å². The van der Waals surface area contributed by atoms with Crippen molar-refractivity contribution in [1.82, 2.24) is 0 Å². The largest absolute Gasteiger partial charge is 0.507 e. The molecular formula is C14H15NO3. The lowest BCUT2D eigenvalue weighted by molar-refractivity contribution is -0.141. The summed E-state index contributed by atoms with van der Waals surface area (Å²) in [6.07, 6.45) is 0. The van der Waals surface area contributed by atoms with Gasteiger partial charge in [0.15, 0.2) is 0 Å². The number of carbonyl (C=O) groups excluding carboxylic acids is 1. The molecule has 0 saturated heterocycles. The average Bonchev–Trinajstić information content (AvgIpc) is 2.39. The van der Waals surface area contributed by atoms with Gasteiger partial charge in [-0.05, 0) is 19.1 Å². The van der Waals surface area contributed by atoms with E-state index in [9.17, 15) is 9.90 Å². The zero-order valence-corrected chi connectivity index (χ0v) is 10.3. The molecule has 0 spiro atoms. The van der Waals surface area contributed by atoms with Gasteiger partial charge in [0.2, 0.25) is 0 Å². The second-order valence-electron chi connectivity index (χ2n) is 4.07. The van der Waals surface area contributed by atoms with Crippen molar-refractivity contribution in [3.05, 3.63) is 36.4 Å². The van der Waals surface area contributed by atoms with Gasteiger partial charge in [-0.1, -0.05) is 24.3 Å². The first-order chi connectivity index (χ1) is 8.63. The summed E-state index contributed by atoms with van der Waals surface area (Å²) in [5.74, 6) is -0.103. The van der Waals surface area contributed by atoms with Crippen LogP contribution in [0.1, 0.15) is 6.92 Å². The predicted octanol–water partition coefficient (Wildman–Crippen LogP) is 2.52. The SMILES string of the molecule is COC(=O)C(C)Nc1cccc2c(O)cccc12. The molecule has 0 amide bonds. The fourth-order valence-electron chi connectivity index (χ4n) is 1.89. The van der Waals surface area contributed by atoms with Gasteiger partial charge in [0.1, 0.15) is 11.8 Å². The maximum absolute atomic E-state index is 11.4. The van der Waals surface area contributed by atoms with Gasteiger partial charge in [-0.15, -0.1) is 0 Å². The van der Waals surface area contributed by atoms with Gasteiger partial charge in [-0.25, -0.2) is 4.79 Å². The molecule has 0 saturated carbocycles. The molecule has 2 rings (SSSR count). The summed E-state index contributed by atoms with van der Waals surface area (Å²) in [6.45, 7) is 1.73. The number of hydrogen-bond acceptors (Lipinski definition) is 4. The Hall–Kier alpha value is -2.23. The number of ether oxygens (including phenoxy) is 1. The van der Waals surface area contributed by atoms with Crippen molar-refractivity contribution in [2.75, 3.05) is 12.4 Å². The highest BCUT2D eigenvalue weighted by Crippen LogP contribution is 2.30. The second-order valence-corrected chi connectivity index (χ2v) is 4.07. The third-order valence-electron chi connectivity index (χ3n) is 2.83. The second kappa shape index (κ2) is 4.96. The van der Waals surface area contributed by atoms with Crippen molar-refractivity contribution < 1.29 is 14.6 Å². The first-order valence-electron chi connectivity index (χ1n) is 5.68. The Bertz CT molecular complexity index is 580. The Morgan fingerprint density at radius 3 is 2.61 bits per heavy atom. The number of phenols is 1. The van der Waals surface area contributed by atoms with Crippen LogP contribution in [0.3, 0.4) is 0 Å². The van der Waals surface area contributed by atoms with Crippen LogP contribution in [-0.2, 0) is 9.53 Å². The van der Waals surface area contributed by atoms with E-state index in [1.54, 1.807) is 19.1 Å². The van der Waals surface area contributed by atoms with Crippen LogP contribution in [0.4, 0.5) is 5.69 Å². The number of methoxy groups -OCH3 is 1. The minimum atomic E-state index is -0.442. The van der Waals surface area contributed by atoms with Crippen LogP contribution in [-0.4, -0.2) is 24.2 Å². The lowest BCUT2D eigenvalue weighted by Gasteiger charge is -2.15. The third-order valence-corrected chi connectivity index (χ3v) is 2.83. The first kappa shape index (κ1) is 12.2. The average molecular weight is 245 g/mol. The molecule has 4 nitrogen and oxygen atoms in total. The van der Waals surface area contributed by atoms with E-state index < -0.39 is 6.04 Å². The third kappa shape index (κ3) is 2.22. The number of aromatic hydroxyl groups is 1. The number of nitrogens with one attached hydrogen (secondary N) is 1. The first-order valence-corrected chi connectivity index (χ1v) is 5.68. The van der Waals surface area contributed by atoms with Gasteiger partial charge in [-0.3, -0.25) is 0 Å². The smallest absolute Gasteiger partial charge is 0.327 e. The van der Waals surface area contributed by atoms with E-state index in [0.717, 1.165) is 16.5 Å². The van der Waals surface area contributed by atoms with E-state index in [4.69, 9.17) is 0 Å². The van der Waals surface area contributed by atoms with E-state index in [-0.39, 0.29) is 11.7 Å². The van der Waals surface area contributed by atoms with Gasteiger partial charge < -0.3 is 15.2 Å². The molecule has 94 valence electrons. The Morgan fingerprint density at radius 1 is 1.22 bits per heavy atom. The van der Waals surface area contributed by atoms with E-state index in [1.807, 2.05) is 24.3 Å². The highest BCUT2D eigenvalue weighted by Gasteiger charge is 2.14. The Kier molecular flexibility index (Phi) is 3.37. The molecule has 2 aromatic rings. The van der Waals surface area contributed by atoms with E-state index in [2.05, 4.69) is 10.1 Å². The number of rotatable bonds is 3. The normalized spacial score (nSPS) is 12.1. The zero-order valence-electron chi connectivity index (χ0n) is 10.3. The highest BCUT2D eigenvalue weighted by molar-refractivity contribution is 5.98. The predicted molar refractivity (Wildman–Crippen MR) is 70.7 cm³/mol. The Balaban J connectivity index is 2.40. The van der Waals surface area contributed by atoms with Crippen LogP contribution in [0.2, 0.25) is 0 Å². The van der Waals surface area contributed by atoms with Crippen LogP contribution in [0, 0.1) is 0 Å². The summed E-state index contributed by atoms with van der Waals surface area (Å²) in [5, 5.41) is 14.5. The van der Waals surface area contributed by atoms with E-state index >= 15 is 0 Å². The van der Waals surface area contributed by atoms with Crippen LogP contribution < -0.4 is 5.32 Å². The molecule has 0 aromatic heterocycles. The van der Waals surface area contributed by atoms with Crippen molar-refractivity contribution in [2.24, 2.45) is 0 Å². The maximum atomic E-state index is 11.4. The number of fused-ring (bicyclic) bond motifs is 1. The van der Waals surface area contributed by atoms with Crippen LogP contribution in [0.15, 0.2) is 36.4 Å². The minimum absolute atomic E-state index is 0.224. The number of carbonyl (C=O) groups is 1. The van der Waals surface area contributed by atoms with Gasteiger partial charge in [0.25, 0.3) is 0 Å². The monoisotopic (exact) mass is 245 g/mol. The van der Waals surface area contributed by atoms with E-state index in [1.165, 1.54) is 7.11 Å². The summed E-state index contributed by atoms with van der Waals surface area (Å²) in [6, 6.07) is 10.4. The number of benzene rings is 2. The zero-order chi connectivity index (χ0) is 13.1. The summed E-state index contributed by atoms with van der Waals surface area (Å²) in [5.41, 5.74) is 0.793. The van der Waals surface area contributed by atoms with Crippen molar-refractivity contribution in [1.29, 1.82) is 0 Å². The molecule has 1 unspecified atom stereocenters. The Morgan fingerprint density at radius 2 is 1.89 bits per heavy atom. The Labute approximate surface area is 105 Å². The summed E-state index contributed by atoms with van der Waals surface area (Å²) >= 11 is 0. The van der Waals surface area contributed by atoms with Crippen LogP contribution >= 0.6 is 0 Å². The molecule has 18 heavy (non-hydrogen) atoms. The molecule has 0 bridgehead atoms. The molecule has 0 aliphatic rings. The summed E-state index contributed by atoms with van der Waals surface area (Å²) < 4.78 is 4.67. The highest BCUT2D eigenvalue weighted by atomic mass is 16.5.